The Balaban J connectivity index is 1.67. The number of nitrogens with zero attached hydrogens (tertiary/aromatic N) is 4. The highest BCUT2D eigenvalue weighted by Gasteiger charge is 2.30. The highest BCUT2D eigenvalue weighted by atomic mass is 15.3. The molecule has 1 saturated heterocycles. The van der Waals surface area contributed by atoms with Crippen molar-refractivity contribution in [1.29, 1.82) is 0 Å². The summed E-state index contributed by atoms with van der Waals surface area (Å²) in [5.41, 5.74) is 3.80. The van der Waals surface area contributed by atoms with Crippen LogP contribution in [0.15, 0.2) is 30.3 Å². The van der Waals surface area contributed by atoms with E-state index in [0.29, 0.717) is 6.04 Å². The minimum atomic E-state index is 0.655. The molecule has 1 fully saturated rings. The van der Waals surface area contributed by atoms with Crippen molar-refractivity contribution < 1.29 is 0 Å². The van der Waals surface area contributed by atoms with Crippen LogP contribution in [0.25, 0.3) is 11.4 Å². The van der Waals surface area contributed by atoms with Gasteiger partial charge in [-0.05, 0) is 38.8 Å². The second-order valence-electron chi connectivity index (χ2n) is 7.13. The molecule has 0 amide bonds. The first-order valence-electron chi connectivity index (χ1n) is 9.74. The van der Waals surface area contributed by atoms with Crippen molar-refractivity contribution in [1.82, 2.24) is 14.9 Å². The van der Waals surface area contributed by atoms with E-state index in [4.69, 9.17) is 9.97 Å². The summed E-state index contributed by atoms with van der Waals surface area (Å²) in [6.07, 6.45) is 4.67. The fourth-order valence-electron chi connectivity index (χ4n) is 4.36. The average molecular weight is 336 g/mol. The van der Waals surface area contributed by atoms with Crippen LogP contribution < -0.4 is 4.90 Å². The molecular weight excluding hydrogens is 308 g/mol. The summed E-state index contributed by atoms with van der Waals surface area (Å²) in [6.45, 7) is 9.00. The highest BCUT2D eigenvalue weighted by molar-refractivity contribution is 5.61. The first kappa shape index (κ1) is 16.5. The van der Waals surface area contributed by atoms with Gasteiger partial charge in [0.1, 0.15) is 5.82 Å². The number of rotatable bonds is 5. The lowest BCUT2D eigenvalue weighted by Gasteiger charge is -2.27. The normalized spacial score (nSPS) is 19.6. The summed E-state index contributed by atoms with van der Waals surface area (Å²) < 4.78 is 0. The van der Waals surface area contributed by atoms with Crippen molar-refractivity contribution in [2.75, 3.05) is 31.1 Å². The highest BCUT2D eigenvalue weighted by Crippen LogP contribution is 2.33. The maximum atomic E-state index is 5.04. The van der Waals surface area contributed by atoms with E-state index < -0.39 is 0 Å². The summed E-state index contributed by atoms with van der Waals surface area (Å²) >= 11 is 0. The molecule has 0 saturated carbocycles. The first-order valence-corrected chi connectivity index (χ1v) is 9.74. The van der Waals surface area contributed by atoms with Crippen molar-refractivity contribution in [3.8, 4) is 11.4 Å². The van der Waals surface area contributed by atoms with Crippen molar-refractivity contribution in [3.63, 3.8) is 0 Å². The fraction of sp³-hybridized carbons (Fsp3) is 0.524. The van der Waals surface area contributed by atoms with Crippen LogP contribution in [0.4, 0.5) is 5.82 Å². The van der Waals surface area contributed by atoms with Gasteiger partial charge in [-0.15, -0.1) is 0 Å². The summed E-state index contributed by atoms with van der Waals surface area (Å²) in [6, 6.07) is 11.1. The van der Waals surface area contributed by atoms with Gasteiger partial charge < -0.3 is 4.90 Å². The summed E-state index contributed by atoms with van der Waals surface area (Å²) in [5, 5.41) is 0. The lowest BCUT2D eigenvalue weighted by atomic mass is 10.1. The zero-order chi connectivity index (χ0) is 17.2. The van der Waals surface area contributed by atoms with Crippen LogP contribution in [0.2, 0.25) is 0 Å². The topological polar surface area (TPSA) is 32.3 Å². The number of fused-ring (bicyclic) bond motifs is 1. The molecule has 2 aliphatic rings. The Hall–Kier alpha value is -1.94. The van der Waals surface area contributed by atoms with Crippen molar-refractivity contribution >= 4 is 5.82 Å². The molecule has 0 spiro atoms. The third kappa shape index (κ3) is 3.15. The SMILES string of the molecule is CCN(CC)[C@@H]1CCN(c2nc(-c3ccccc3)nc3c2CCC3)C1. The number of aryl methyl sites for hydroxylation is 1. The quantitative estimate of drug-likeness (QED) is 0.836. The monoisotopic (exact) mass is 336 g/mol. The van der Waals surface area contributed by atoms with Crippen LogP contribution in [0.1, 0.15) is 37.9 Å². The lowest BCUT2D eigenvalue weighted by Crippen LogP contribution is -2.37. The Morgan fingerprint density at radius 1 is 1.08 bits per heavy atom. The molecule has 1 atom stereocenters. The molecule has 132 valence electrons. The molecule has 4 nitrogen and oxygen atoms in total. The second kappa shape index (κ2) is 7.12. The summed E-state index contributed by atoms with van der Waals surface area (Å²) in [5.74, 6) is 2.10. The third-order valence-corrected chi connectivity index (χ3v) is 5.73. The summed E-state index contributed by atoms with van der Waals surface area (Å²) in [4.78, 5) is 15.0. The molecule has 1 aromatic heterocycles. The van der Waals surface area contributed by atoms with Crippen molar-refractivity contribution in [2.45, 2.75) is 45.6 Å². The van der Waals surface area contributed by atoms with Gasteiger partial charge in [0.2, 0.25) is 0 Å². The van der Waals surface area contributed by atoms with Gasteiger partial charge in [-0.1, -0.05) is 44.2 Å². The van der Waals surface area contributed by atoms with Crippen LogP contribution >= 0.6 is 0 Å². The Bertz CT molecular complexity index is 724. The van der Waals surface area contributed by atoms with Crippen LogP contribution in [0.3, 0.4) is 0 Å². The maximum Gasteiger partial charge on any atom is 0.161 e. The molecule has 0 unspecified atom stereocenters. The van der Waals surface area contributed by atoms with Gasteiger partial charge >= 0.3 is 0 Å². The van der Waals surface area contributed by atoms with Gasteiger partial charge in [-0.25, -0.2) is 9.97 Å². The Kier molecular flexibility index (Phi) is 4.71. The summed E-state index contributed by atoms with van der Waals surface area (Å²) in [7, 11) is 0. The molecule has 1 aromatic carbocycles. The lowest BCUT2D eigenvalue weighted by molar-refractivity contribution is 0.232. The minimum Gasteiger partial charge on any atom is -0.355 e. The van der Waals surface area contributed by atoms with E-state index in [1.807, 2.05) is 6.07 Å². The van der Waals surface area contributed by atoms with E-state index in [-0.39, 0.29) is 0 Å². The predicted octanol–water partition coefficient (Wildman–Crippen LogP) is 3.55. The van der Waals surface area contributed by atoms with E-state index in [2.05, 4.69) is 47.9 Å². The molecule has 2 heterocycles. The van der Waals surface area contributed by atoms with E-state index in [1.54, 1.807) is 0 Å². The zero-order valence-electron chi connectivity index (χ0n) is 15.4. The van der Waals surface area contributed by atoms with Crippen molar-refractivity contribution in [2.24, 2.45) is 0 Å². The number of hydrogen-bond donors (Lipinski definition) is 0. The van der Waals surface area contributed by atoms with Crippen LogP contribution in [0.5, 0.6) is 0 Å². The first-order chi connectivity index (χ1) is 12.3. The van der Waals surface area contributed by atoms with Gasteiger partial charge in [-0.2, -0.15) is 0 Å². The smallest absolute Gasteiger partial charge is 0.161 e. The number of aromatic nitrogens is 2. The molecule has 25 heavy (non-hydrogen) atoms. The van der Waals surface area contributed by atoms with Crippen molar-refractivity contribution in [3.05, 3.63) is 41.6 Å². The van der Waals surface area contributed by atoms with E-state index in [0.717, 1.165) is 50.4 Å². The minimum absolute atomic E-state index is 0.655. The average Bonchev–Trinajstić information content (AvgIpc) is 3.32. The van der Waals surface area contributed by atoms with E-state index in [9.17, 15) is 0 Å². The molecule has 4 rings (SSSR count). The fourth-order valence-corrected chi connectivity index (χ4v) is 4.36. The Labute approximate surface area is 150 Å². The molecule has 4 heteroatoms. The van der Waals surface area contributed by atoms with E-state index >= 15 is 0 Å². The maximum absolute atomic E-state index is 5.04. The van der Waals surface area contributed by atoms with Crippen LogP contribution in [-0.4, -0.2) is 47.1 Å². The standard InChI is InChI=1S/C21H28N4/c1-3-24(4-2)17-13-14-25(15-17)21-18-11-8-12-19(18)22-20(23-21)16-9-6-5-7-10-16/h5-7,9-10,17H,3-4,8,11-15H2,1-2H3/t17-/m1/s1. The molecule has 0 N–H and O–H groups in total. The van der Waals surface area contributed by atoms with Gasteiger partial charge in [0, 0.05) is 36.0 Å². The molecule has 1 aliphatic carbocycles. The van der Waals surface area contributed by atoms with Gasteiger partial charge in [0.05, 0.1) is 0 Å². The van der Waals surface area contributed by atoms with Gasteiger partial charge in [0.25, 0.3) is 0 Å². The molecule has 0 radical (unpaired) electrons. The predicted molar refractivity (Wildman–Crippen MR) is 103 cm³/mol. The van der Waals surface area contributed by atoms with Crippen LogP contribution in [-0.2, 0) is 12.8 Å². The van der Waals surface area contributed by atoms with Gasteiger partial charge in [-0.3, -0.25) is 4.90 Å². The number of anilines is 1. The van der Waals surface area contributed by atoms with Gasteiger partial charge in [0.15, 0.2) is 5.82 Å². The Morgan fingerprint density at radius 3 is 2.64 bits per heavy atom. The number of benzene rings is 1. The molecule has 2 aromatic rings. The molecule has 1 aliphatic heterocycles. The zero-order valence-corrected chi connectivity index (χ0v) is 15.4. The second-order valence-corrected chi connectivity index (χ2v) is 7.13. The Morgan fingerprint density at radius 2 is 1.88 bits per heavy atom. The largest absolute Gasteiger partial charge is 0.355 e. The third-order valence-electron chi connectivity index (χ3n) is 5.73. The molecule has 0 bridgehead atoms. The van der Waals surface area contributed by atoms with Crippen LogP contribution in [0, 0.1) is 0 Å². The molecular formula is C21H28N4. The number of likely N-dealkylation sites (N-methyl/N-ethyl adjacent to an activating group) is 1. The van der Waals surface area contributed by atoms with E-state index in [1.165, 1.54) is 29.9 Å². The number of hydrogen-bond acceptors (Lipinski definition) is 4.